The molecule has 0 aromatic carbocycles. The Kier molecular flexibility index (Phi) is 7.98. The zero-order valence-corrected chi connectivity index (χ0v) is 8.36. The number of hydrogen-bond donors (Lipinski definition) is 3. The Morgan fingerprint density at radius 1 is 1.31 bits per heavy atom. The van der Waals surface area contributed by atoms with E-state index in [1.807, 2.05) is 4.90 Å². The third-order valence-corrected chi connectivity index (χ3v) is 2.35. The fourth-order valence-corrected chi connectivity index (χ4v) is 1.50. The third kappa shape index (κ3) is 4.81. The first-order valence-electron chi connectivity index (χ1n) is 4.75. The van der Waals surface area contributed by atoms with E-state index in [4.69, 9.17) is 10.3 Å². The van der Waals surface area contributed by atoms with E-state index in [2.05, 4.69) is 5.28 Å². The van der Waals surface area contributed by atoms with Crippen LogP contribution in [0.1, 0.15) is 0 Å². The summed E-state index contributed by atoms with van der Waals surface area (Å²) >= 11 is 0. The predicted octanol–water partition coefficient (Wildman–Crippen LogP) is -2.42. The van der Waals surface area contributed by atoms with Crippen LogP contribution in [-0.4, -0.2) is 105 Å². The number of hydrazine groups is 1. The number of rotatable bonds is 4. The van der Waals surface area contributed by atoms with Gasteiger partial charge in [-0.3, -0.25) is 4.90 Å². The summed E-state index contributed by atoms with van der Waals surface area (Å²) in [5.41, 5.74) is 0. The van der Waals surface area contributed by atoms with E-state index in [9.17, 15) is 10.3 Å². The van der Waals surface area contributed by atoms with Gasteiger partial charge in [-0.25, -0.2) is 0 Å². The summed E-state index contributed by atoms with van der Waals surface area (Å²) in [7, 11) is 0. The van der Waals surface area contributed by atoms with E-state index >= 15 is 0 Å². The van der Waals surface area contributed by atoms with Gasteiger partial charge in [0.2, 0.25) is 5.28 Å². The molecule has 0 radical (unpaired) electrons. The zero-order chi connectivity index (χ0) is 11.3. The molecule has 1 rings (SSSR count). The summed E-state index contributed by atoms with van der Waals surface area (Å²) in [4.78, 5) is 2.09. The van der Waals surface area contributed by atoms with Gasteiger partial charge in [0.1, 0.15) is 0 Å². The molecule has 0 amide bonds. The molecule has 1 aliphatic rings. The number of β-amino-alcohol motifs (C(OH)–C–C–N with tert-alkyl or cyclic N) is 1. The van der Waals surface area contributed by atoms with Crippen molar-refractivity contribution in [2.45, 2.75) is 6.10 Å². The van der Waals surface area contributed by atoms with Crippen LogP contribution in [0.4, 0.5) is 0 Å². The Balaban J connectivity index is 0.00000225. The topological polar surface area (TPSA) is 106 Å². The number of hydrogen-bond acceptors (Lipinski definition) is 5. The Hall–Kier alpha value is -0.120. The second kappa shape index (κ2) is 8.04. The van der Waals surface area contributed by atoms with Crippen LogP contribution in [0, 0.1) is 5.21 Å². The van der Waals surface area contributed by atoms with Gasteiger partial charge in [-0.15, -0.1) is 5.01 Å². The van der Waals surface area contributed by atoms with E-state index in [1.165, 1.54) is 5.01 Å². The minimum atomic E-state index is -0.748. The average Bonchev–Trinajstić information content (AvgIpc) is 2.29. The maximum atomic E-state index is 10.9. The number of piperazine rings is 1. The molecular formula is C7H17N4NaO4. The maximum absolute atomic E-state index is 10.9. The van der Waals surface area contributed by atoms with Gasteiger partial charge in [0.25, 0.3) is 0 Å². The molecule has 0 saturated carbocycles. The molecule has 1 saturated heterocycles. The van der Waals surface area contributed by atoms with Gasteiger partial charge >= 0.3 is 29.6 Å². The second-order valence-corrected chi connectivity index (χ2v) is 3.43. The summed E-state index contributed by atoms with van der Waals surface area (Å²) in [6.45, 7) is 2.17. The van der Waals surface area contributed by atoms with Crippen molar-refractivity contribution in [1.29, 1.82) is 0 Å². The number of aliphatic hydroxyl groups excluding tert-OH is 2. The molecule has 3 N–H and O–H groups in total. The molecule has 16 heavy (non-hydrogen) atoms. The Bertz CT molecular complexity index is 222. The molecule has 90 valence electrons. The largest absolute Gasteiger partial charge is 0.569 e. The molecule has 9 heteroatoms. The van der Waals surface area contributed by atoms with Crippen LogP contribution < -0.4 is 0 Å². The molecule has 1 fully saturated rings. The van der Waals surface area contributed by atoms with E-state index in [0.717, 1.165) is 0 Å². The van der Waals surface area contributed by atoms with Crippen molar-refractivity contribution in [1.82, 2.24) is 9.91 Å². The van der Waals surface area contributed by atoms with Gasteiger partial charge < -0.3 is 20.6 Å². The van der Waals surface area contributed by atoms with Gasteiger partial charge in [0.15, 0.2) is 0 Å². The molecule has 0 aromatic rings. The van der Waals surface area contributed by atoms with Gasteiger partial charge in [-0.1, -0.05) is 0 Å². The van der Waals surface area contributed by atoms with E-state index in [-0.39, 0.29) is 41.1 Å². The van der Waals surface area contributed by atoms with Gasteiger partial charge in [0, 0.05) is 19.6 Å². The summed E-state index contributed by atoms with van der Waals surface area (Å²) in [6, 6.07) is 0. The Morgan fingerprint density at radius 3 is 2.31 bits per heavy atom. The summed E-state index contributed by atoms with van der Waals surface area (Å²) < 4.78 is 0. The van der Waals surface area contributed by atoms with E-state index in [0.29, 0.717) is 32.7 Å². The standard InChI is InChI=1S/C7H16N4O4.Na.H/c12-6-7(13)5-9-1-3-10(4-2-9)11(15)8-14;;/h7,12-14H,1-6H2;;. The van der Waals surface area contributed by atoms with Crippen molar-refractivity contribution in [3.8, 4) is 0 Å². The Morgan fingerprint density at radius 2 is 1.88 bits per heavy atom. The minimum absolute atomic E-state index is 0. The van der Waals surface area contributed by atoms with Gasteiger partial charge in [0.05, 0.1) is 30.8 Å². The van der Waals surface area contributed by atoms with Crippen LogP contribution in [0.15, 0.2) is 5.28 Å². The molecule has 0 aromatic heterocycles. The van der Waals surface area contributed by atoms with Crippen molar-refractivity contribution >= 4 is 29.6 Å². The van der Waals surface area contributed by atoms with Crippen LogP contribution in [-0.2, 0) is 0 Å². The van der Waals surface area contributed by atoms with Crippen LogP contribution in [0.25, 0.3) is 0 Å². The predicted molar refractivity (Wildman–Crippen MR) is 56.1 cm³/mol. The van der Waals surface area contributed by atoms with Crippen molar-refractivity contribution in [2.24, 2.45) is 5.28 Å². The van der Waals surface area contributed by atoms with Gasteiger partial charge in [-0.2, -0.15) is 0 Å². The molecule has 1 aliphatic heterocycles. The minimum Gasteiger partial charge on any atom is -0.569 e. The molecule has 8 nitrogen and oxygen atoms in total. The van der Waals surface area contributed by atoms with Crippen molar-refractivity contribution in [3.05, 3.63) is 5.21 Å². The SMILES string of the molecule is [NaH].[O-][N+](=NO)N1CCN(CC(O)CO)CC1. The normalized spacial score (nSPS) is 20.4. The van der Waals surface area contributed by atoms with Crippen LogP contribution >= 0.6 is 0 Å². The molecule has 1 unspecified atom stereocenters. The monoisotopic (exact) mass is 244 g/mol. The third-order valence-electron chi connectivity index (χ3n) is 2.35. The fourth-order valence-electron chi connectivity index (χ4n) is 1.50. The molecule has 1 atom stereocenters. The first kappa shape index (κ1) is 15.9. The average molecular weight is 244 g/mol. The molecule has 0 aliphatic carbocycles. The first-order valence-corrected chi connectivity index (χ1v) is 4.75. The molecule has 0 spiro atoms. The number of aliphatic hydroxyl groups is 2. The van der Waals surface area contributed by atoms with E-state index in [1.54, 1.807) is 0 Å². The van der Waals surface area contributed by atoms with Crippen LogP contribution in [0.2, 0.25) is 0 Å². The van der Waals surface area contributed by atoms with E-state index < -0.39 is 6.10 Å². The Labute approximate surface area is 116 Å². The van der Waals surface area contributed by atoms with Crippen molar-refractivity contribution in [3.63, 3.8) is 0 Å². The number of nitrogens with zero attached hydrogens (tertiary/aromatic N) is 4. The van der Waals surface area contributed by atoms with Crippen LogP contribution in [0.3, 0.4) is 0 Å². The molecule has 0 bridgehead atoms. The molecule has 1 heterocycles. The van der Waals surface area contributed by atoms with Crippen molar-refractivity contribution in [2.75, 3.05) is 39.3 Å². The van der Waals surface area contributed by atoms with Gasteiger partial charge in [-0.05, 0) is 0 Å². The summed E-state index contributed by atoms with van der Waals surface area (Å²) in [6.07, 6.45) is -0.748. The maximum Gasteiger partial charge on any atom is 0.230 e. The fraction of sp³-hybridized carbons (Fsp3) is 1.00. The van der Waals surface area contributed by atoms with Crippen molar-refractivity contribution < 1.29 is 20.4 Å². The van der Waals surface area contributed by atoms with Crippen LogP contribution in [0.5, 0.6) is 0 Å². The smallest absolute Gasteiger partial charge is 0.230 e. The zero-order valence-electron chi connectivity index (χ0n) is 8.36. The second-order valence-electron chi connectivity index (χ2n) is 3.43. The quantitative estimate of drug-likeness (QED) is 0.220. The molecular weight excluding hydrogens is 227 g/mol. The summed E-state index contributed by atoms with van der Waals surface area (Å²) in [5.74, 6) is 0. The summed E-state index contributed by atoms with van der Waals surface area (Å²) in [5, 5.41) is 40.8. The first-order chi connectivity index (χ1) is 7.17.